The van der Waals surface area contributed by atoms with Crippen molar-refractivity contribution in [2.45, 2.75) is 13.3 Å². The Bertz CT molecular complexity index is 1680. The summed E-state index contributed by atoms with van der Waals surface area (Å²) in [7, 11) is 0. The van der Waals surface area contributed by atoms with Crippen molar-refractivity contribution in [3.8, 4) is 34.3 Å². The molecule has 0 bridgehead atoms. The predicted octanol–water partition coefficient (Wildman–Crippen LogP) is 7.10. The molecule has 0 amide bonds. The smallest absolute Gasteiger partial charge is 0.217 e. The van der Waals surface area contributed by atoms with Gasteiger partial charge in [0.15, 0.2) is 0 Å². The van der Waals surface area contributed by atoms with Crippen LogP contribution in [-0.2, 0) is 27.5 Å². The number of aromatic hydroxyl groups is 1. The van der Waals surface area contributed by atoms with Gasteiger partial charge in [0.25, 0.3) is 0 Å². The van der Waals surface area contributed by atoms with E-state index in [2.05, 4.69) is 36.2 Å². The number of pyridine rings is 2. The minimum Gasteiger partial charge on any atom is -0.506 e. The number of para-hydroxylation sites is 3. The van der Waals surface area contributed by atoms with Crippen LogP contribution < -0.4 is 4.74 Å². The van der Waals surface area contributed by atoms with Gasteiger partial charge in [0.05, 0.1) is 11.2 Å². The maximum atomic E-state index is 10.7. The SMILES string of the molecule is CCc1cc(Oc2ccccn2)[c-]c(-c2ccc3c4ccccc4n(-c4ccccc4O)c3n2)c1.[Pt]. The van der Waals surface area contributed by atoms with Crippen LogP contribution in [0.2, 0.25) is 0 Å². The zero-order valence-corrected chi connectivity index (χ0v) is 21.7. The van der Waals surface area contributed by atoms with Crippen LogP contribution in [0.25, 0.3) is 38.9 Å². The maximum Gasteiger partial charge on any atom is 0.217 e. The van der Waals surface area contributed by atoms with Crippen LogP contribution in [0.4, 0.5) is 0 Å². The van der Waals surface area contributed by atoms with Crippen LogP contribution in [0.1, 0.15) is 12.5 Å². The summed E-state index contributed by atoms with van der Waals surface area (Å²) in [5.41, 5.74) is 5.18. The molecule has 0 atom stereocenters. The van der Waals surface area contributed by atoms with Gasteiger partial charge in [0, 0.05) is 49.9 Å². The summed E-state index contributed by atoms with van der Waals surface area (Å²) < 4.78 is 8.01. The standard InChI is InChI=1S/C30H22N3O2.Pt/c1-2-20-17-21(19-22(18-20)35-29-13-7-8-16-31-29)25-15-14-24-23-9-3-4-10-26(23)33(30(24)32-25)27-11-5-6-12-28(27)34;/h3-18,34H,2H2,1H3;/q-1;. The first kappa shape index (κ1) is 23.8. The molecule has 1 N–H and O–H groups in total. The Morgan fingerprint density at radius 1 is 0.889 bits per heavy atom. The Labute approximate surface area is 223 Å². The number of aryl methyl sites for hydroxylation is 1. The second-order valence-corrected chi connectivity index (χ2v) is 8.30. The topological polar surface area (TPSA) is 60.2 Å². The Morgan fingerprint density at radius 2 is 1.69 bits per heavy atom. The Balaban J connectivity index is 0.00000267. The molecular formula is C30H22N3O2Pt-. The fourth-order valence-corrected chi connectivity index (χ4v) is 4.40. The van der Waals surface area contributed by atoms with Crippen molar-refractivity contribution in [1.82, 2.24) is 14.5 Å². The number of hydrogen-bond donors (Lipinski definition) is 1. The summed E-state index contributed by atoms with van der Waals surface area (Å²) >= 11 is 0. The summed E-state index contributed by atoms with van der Waals surface area (Å²) in [5.74, 6) is 1.32. The number of fused-ring (bicyclic) bond motifs is 3. The number of phenols is 1. The van der Waals surface area contributed by atoms with Crippen LogP contribution >= 0.6 is 0 Å². The number of rotatable bonds is 5. The molecular weight excluding hydrogens is 629 g/mol. The van der Waals surface area contributed by atoms with E-state index < -0.39 is 0 Å². The van der Waals surface area contributed by atoms with E-state index in [1.165, 1.54) is 0 Å². The first-order chi connectivity index (χ1) is 17.2. The van der Waals surface area contributed by atoms with Crippen LogP contribution in [-0.4, -0.2) is 19.6 Å². The van der Waals surface area contributed by atoms with Gasteiger partial charge in [0.2, 0.25) is 5.88 Å². The van der Waals surface area contributed by atoms with Crippen molar-refractivity contribution in [1.29, 1.82) is 0 Å². The Hall–Kier alpha value is -3.95. The quantitative estimate of drug-likeness (QED) is 0.202. The number of nitrogens with zero attached hydrogens (tertiary/aromatic N) is 3. The molecule has 36 heavy (non-hydrogen) atoms. The minimum absolute atomic E-state index is 0. The number of phenolic OH excluding ortho intramolecular Hbond substituents is 1. The Kier molecular flexibility index (Phi) is 6.58. The van der Waals surface area contributed by atoms with Gasteiger partial charge in [-0.05, 0) is 36.4 Å². The third kappa shape index (κ3) is 4.27. The molecule has 3 aromatic heterocycles. The van der Waals surface area contributed by atoms with E-state index in [9.17, 15) is 5.11 Å². The molecule has 6 rings (SSSR count). The molecule has 0 aliphatic carbocycles. The molecule has 0 unspecified atom stereocenters. The monoisotopic (exact) mass is 651 g/mol. The van der Waals surface area contributed by atoms with Crippen molar-refractivity contribution < 1.29 is 30.9 Å². The van der Waals surface area contributed by atoms with Crippen LogP contribution in [0.5, 0.6) is 17.4 Å². The van der Waals surface area contributed by atoms with E-state index >= 15 is 0 Å². The number of hydrogen-bond acceptors (Lipinski definition) is 4. The van der Waals surface area contributed by atoms with Crippen LogP contribution in [0.15, 0.2) is 97.2 Å². The number of ether oxygens (including phenoxy) is 1. The van der Waals surface area contributed by atoms with E-state index in [0.717, 1.165) is 45.2 Å². The first-order valence-corrected chi connectivity index (χ1v) is 11.6. The number of benzene rings is 3. The molecule has 6 heteroatoms. The van der Waals surface area contributed by atoms with Crippen LogP contribution in [0.3, 0.4) is 0 Å². The third-order valence-corrected chi connectivity index (χ3v) is 6.09. The molecule has 0 spiro atoms. The average Bonchev–Trinajstić information content (AvgIpc) is 3.23. The minimum atomic E-state index is 0. The Morgan fingerprint density at radius 3 is 2.50 bits per heavy atom. The summed E-state index contributed by atoms with van der Waals surface area (Å²) in [6, 6.07) is 32.6. The van der Waals surface area contributed by atoms with Gasteiger partial charge in [-0.1, -0.05) is 67.6 Å². The fourth-order valence-electron chi connectivity index (χ4n) is 4.40. The fraction of sp³-hybridized carbons (Fsp3) is 0.0667. The van der Waals surface area contributed by atoms with Crippen molar-refractivity contribution in [3.05, 3.63) is 109 Å². The molecule has 3 aromatic carbocycles. The molecule has 0 radical (unpaired) electrons. The van der Waals surface area contributed by atoms with Gasteiger partial charge in [-0.15, -0.1) is 17.2 Å². The number of aromatic nitrogens is 3. The summed E-state index contributed by atoms with van der Waals surface area (Å²) in [4.78, 5) is 9.34. The van der Waals surface area contributed by atoms with Crippen LogP contribution in [0, 0.1) is 6.07 Å². The summed E-state index contributed by atoms with van der Waals surface area (Å²) in [6.45, 7) is 2.11. The molecule has 180 valence electrons. The zero-order valence-electron chi connectivity index (χ0n) is 19.5. The average molecular weight is 652 g/mol. The molecule has 6 aromatic rings. The first-order valence-electron chi connectivity index (χ1n) is 11.6. The van der Waals surface area contributed by atoms with E-state index in [4.69, 9.17) is 9.72 Å². The molecule has 3 heterocycles. The largest absolute Gasteiger partial charge is 0.506 e. The molecule has 0 saturated carbocycles. The van der Waals surface area contributed by atoms with Crippen molar-refractivity contribution in [2.24, 2.45) is 0 Å². The van der Waals surface area contributed by atoms with E-state index in [1.54, 1.807) is 12.3 Å². The molecule has 5 nitrogen and oxygen atoms in total. The third-order valence-electron chi connectivity index (χ3n) is 6.09. The summed E-state index contributed by atoms with van der Waals surface area (Å²) in [5, 5.41) is 12.8. The van der Waals surface area contributed by atoms with E-state index in [-0.39, 0.29) is 26.8 Å². The van der Waals surface area contributed by atoms with E-state index in [0.29, 0.717) is 17.3 Å². The van der Waals surface area contributed by atoms with Gasteiger partial charge in [-0.25, -0.2) is 4.98 Å². The molecule has 0 saturated heterocycles. The van der Waals surface area contributed by atoms with Gasteiger partial charge in [0.1, 0.15) is 11.4 Å². The molecule has 0 fully saturated rings. The van der Waals surface area contributed by atoms with Gasteiger partial charge in [-0.2, -0.15) is 0 Å². The maximum absolute atomic E-state index is 10.7. The zero-order chi connectivity index (χ0) is 23.8. The van der Waals surface area contributed by atoms with E-state index in [1.807, 2.05) is 71.3 Å². The predicted molar refractivity (Wildman–Crippen MR) is 138 cm³/mol. The van der Waals surface area contributed by atoms with Crippen molar-refractivity contribution >= 4 is 21.9 Å². The van der Waals surface area contributed by atoms with Gasteiger partial charge in [-0.3, -0.25) is 9.55 Å². The van der Waals surface area contributed by atoms with Crippen molar-refractivity contribution in [2.75, 3.05) is 0 Å². The van der Waals surface area contributed by atoms with Crippen molar-refractivity contribution in [3.63, 3.8) is 0 Å². The molecule has 0 aliphatic heterocycles. The second kappa shape index (κ2) is 9.96. The summed E-state index contributed by atoms with van der Waals surface area (Å²) in [6.07, 6.45) is 2.55. The second-order valence-electron chi connectivity index (χ2n) is 8.30. The molecule has 0 aliphatic rings. The van der Waals surface area contributed by atoms with Gasteiger partial charge >= 0.3 is 0 Å². The van der Waals surface area contributed by atoms with Gasteiger partial charge < -0.3 is 9.84 Å². The normalized spacial score (nSPS) is 10.9.